The minimum atomic E-state index is -0.196. The SMILES string of the molecule is COc1cc(/C=C/C(=O)NCCOc2ccc(C)cc2C)cc2c1OCCO2. The highest BCUT2D eigenvalue weighted by Crippen LogP contribution is 2.40. The predicted octanol–water partition coefficient (Wildman–Crippen LogP) is 3.29. The van der Waals surface area contributed by atoms with Crippen LogP contribution < -0.4 is 24.3 Å². The Kier molecular flexibility index (Phi) is 6.42. The van der Waals surface area contributed by atoms with Crippen LogP contribution in [-0.2, 0) is 4.79 Å². The van der Waals surface area contributed by atoms with Gasteiger partial charge in [-0.15, -0.1) is 0 Å². The molecular weight excluding hydrogens is 358 g/mol. The van der Waals surface area contributed by atoms with Gasteiger partial charge in [-0.25, -0.2) is 0 Å². The molecule has 0 aromatic heterocycles. The maximum atomic E-state index is 12.0. The average Bonchev–Trinajstić information content (AvgIpc) is 2.70. The van der Waals surface area contributed by atoms with Crippen LogP contribution in [0.4, 0.5) is 0 Å². The largest absolute Gasteiger partial charge is 0.493 e. The summed E-state index contributed by atoms with van der Waals surface area (Å²) in [6.45, 7) is 5.85. The molecule has 0 spiro atoms. The van der Waals surface area contributed by atoms with Crippen LogP contribution in [0.25, 0.3) is 6.08 Å². The van der Waals surface area contributed by atoms with Crippen LogP contribution in [0.1, 0.15) is 16.7 Å². The molecule has 0 saturated carbocycles. The normalized spacial score (nSPS) is 12.7. The molecule has 2 aromatic carbocycles. The van der Waals surface area contributed by atoms with Gasteiger partial charge in [0.25, 0.3) is 0 Å². The van der Waals surface area contributed by atoms with Crippen LogP contribution in [0.3, 0.4) is 0 Å². The van der Waals surface area contributed by atoms with Crippen LogP contribution in [0.15, 0.2) is 36.4 Å². The van der Waals surface area contributed by atoms with E-state index in [-0.39, 0.29) is 5.91 Å². The molecule has 1 amide bonds. The highest BCUT2D eigenvalue weighted by Gasteiger charge is 2.17. The van der Waals surface area contributed by atoms with Gasteiger partial charge in [-0.2, -0.15) is 0 Å². The Balaban J connectivity index is 1.51. The highest BCUT2D eigenvalue weighted by atomic mass is 16.6. The number of aryl methyl sites for hydroxylation is 2. The lowest BCUT2D eigenvalue weighted by Gasteiger charge is -2.20. The van der Waals surface area contributed by atoms with E-state index in [4.69, 9.17) is 18.9 Å². The fourth-order valence-electron chi connectivity index (χ4n) is 2.92. The Morgan fingerprint density at radius 3 is 2.75 bits per heavy atom. The fourth-order valence-corrected chi connectivity index (χ4v) is 2.92. The minimum absolute atomic E-state index is 0.196. The second kappa shape index (κ2) is 9.17. The van der Waals surface area contributed by atoms with E-state index in [1.165, 1.54) is 11.6 Å². The van der Waals surface area contributed by atoms with Gasteiger partial charge >= 0.3 is 0 Å². The first-order valence-electron chi connectivity index (χ1n) is 9.20. The maximum absolute atomic E-state index is 12.0. The number of amides is 1. The third-order valence-corrected chi connectivity index (χ3v) is 4.27. The van der Waals surface area contributed by atoms with Crippen molar-refractivity contribution in [3.05, 3.63) is 53.1 Å². The zero-order valence-corrected chi connectivity index (χ0v) is 16.4. The van der Waals surface area contributed by atoms with Gasteiger partial charge in [0.1, 0.15) is 25.6 Å². The molecule has 3 rings (SSSR count). The van der Waals surface area contributed by atoms with Crippen LogP contribution in [0.5, 0.6) is 23.0 Å². The topological polar surface area (TPSA) is 66.0 Å². The van der Waals surface area contributed by atoms with E-state index in [9.17, 15) is 4.79 Å². The number of carbonyl (C=O) groups is 1. The summed E-state index contributed by atoms with van der Waals surface area (Å²) in [5.74, 6) is 2.43. The van der Waals surface area contributed by atoms with Crippen molar-refractivity contribution in [1.82, 2.24) is 5.32 Å². The third-order valence-electron chi connectivity index (χ3n) is 4.27. The molecule has 1 aliphatic rings. The predicted molar refractivity (Wildman–Crippen MR) is 107 cm³/mol. The van der Waals surface area contributed by atoms with Crippen molar-refractivity contribution in [2.24, 2.45) is 0 Å². The van der Waals surface area contributed by atoms with Crippen LogP contribution in [-0.4, -0.2) is 39.4 Å². The van der Waals surface area contributed by atoms with Gasteiger partial charge in [0, 0.05) is 6.08 Å². The van der Waals surface area contributed by atoms with E-state index in [0.29, 0.717) is 43.6 Å². The van der Waals surface area contributed by atoms with Crippen molar-refractivity contribution in [2.75, 3.05) is 33.5 Å². The third kappa shape index (κ3) is 4.97. The number of nitrogens with one attached hydrogen (secondary N) is 1. The number of benzene rings is 2. The van der Waals surface area contributed by atoms with E-state index in [1.807, 2.05) is 32.0 Å². The van der Waals surface area contributed by atoms with E-state index in [2.05, 4.69) is 11.4 Å². The molecule has 2 aromatic rings. The van der Waals surface area contributed by atoms with Gasteiger partial charge in [0.05, 0.1) is 13.7 Å². The molecule has 1 N–H and O–H groups in total. The summed E-state index contributed by atoms with van der Waals surface area (Å²) in [6.07, 6.45) is 3.18. The maximum Gasteiger partial charge on any atom is 0.244 e. The molecule has 28 heavy (non-hydrogen) atoms. The van der Waals surface area contributed by atoms with Crippen molar-refractivity contribution in [2.45, 2.75) is 13.8 Å². The molecule has 0 bridgehead atoms. The Bertz CT molecular complexity index is 858. The number of ether oxygens (including phenoxy) is 4. The Morgan fingerprint density at radius 2 is 1.96 bits per heavy atom. The summed E-state index contributed by atoms with van der Waals surface area (Å²) in [4.78, 5) is 12.0. The first-order chi connectivity index (χ1) is 13.6. The lowest BCUT2D eigenvalue weighted by molar-refractivity contribution is -0.116. The fraction of sp³-hybridized carbons (Fsp3) is 0.318. The van der Waals surface area contributed by atoms with Crippen molar-refractivity contribution < 1.29 is 23.7 Å². The molecule has 0 fully saturated rings. The Labute approximate surface area is 165 Å². The van der Waals surface area contributed by atoms with Gasteiger partial charge in [0.2, 0.25) is 11.7 Å². The van der Waals surface area contributed by atoms with Crippen LogP contribution in [0, 0.1) is 13.8 Å². The summed E-state index contributed by atoms with van der Waals surface area (Å²) in [7, 11) is 1.57. The Hall–Kier alpha value is -3.15. The summed E-state index contributed by atoms with van der Waals surface area (Å²) in [6, 6.07) is 9.65. The number of methoxy groups -OCH3 is 1. The van der Waals surface area contributed by atoms with Gasteiger partial charge < -0.3 is 24.3 Å². The molecule has 0 aliphatic carbocycles. The van der Waals surface area contributed by atoms with Crippen molar-refractivity contribution in [1.29, 1.82) is 0 Å². The molecule has 0 atom stereocenters. The number of hydrogen-bond acceptors (Lipinski definition) is 5. The molecule has 6 nitrogen and oxygen atoms in total. The van der Waals surface area contributed by atoms with E-state index in [1.54, 1.807) is 19.3 Å². The average molecular weight is 383 g/mol. The van der Waals surface area contributed by atoms with Crippen molar-refractivity contribution >= 4 is 12.0 Å². The smallest absolute Gasteiger partial charge is 0.244 e. The van der Waals surface area contributed by atoms with E-state index >= 15 is 0 Å². The Morgan fingerprint density at radius 1 is 1.14 bits per heavy atom. The molecule has 0 unspecified atom stereocenters. The van der Waals surface area contributed by atoms with Crippen molar-refractivity contribution in [3.8, 4) is 23.0 Å². The van der Waals surface area contributed by atoms with Gasteiger partial charge in [-0.1, -0.05) is 17.7 Å². The molecule has 0 saturated heterocycles. The quantitative estimate of drug-likeness (QED) is 0.587. The second-order valence-electron chi connectivity index (χ2n) is 6.49. The monoisotopic (exact) mass is 383 g/mol. The minimum Gasteiger partial charge on any atom is -0.493 e. The molecule has 1 aliphatic heterocycles. The zero-order valence-electron chi connectivity index (χ0n) is 16.4. The van der Waals surface area contributed by atoms with Crippen LogP contribution >= 0.6 is 0 Å². The molecular formula is C22H25NO5. The molecule has 148 valence electrons. The first-order valence-corrected chi connectivity index (χ1v) is 9.20. The number of hydrogen-bond donors (Lipinski definition) is 1. The number of fused-ring (bicyclic) bond motifs is 1. The van der Waals surface area contributed by atoms with Gasteiger partial charge in [-0.3, -0.25) is 4.79 Å². The molecule has 0 radical (unpaired) electrons. The summed E-state index contributed by atoms with van der Waals surface area (Å²) in [5, 5.41) is 2.81. The summed E-state index contributed by atoms with van der Waals surface area (Å²) in [5.41, 5.74) is 3.07. The second-order valence-corrected chi connectivity index (χ2v) is 6.49. The van der Waals surface area contributed by atoms with E-state index in [0.717, 1.165) is 16.9 Å². The summed E-state index contributed by atoms with van der Waals surface area (Å²) >= 11 is 0. The summed E-state index contributed by atoms with van der Waals surface area (Å²) < 4.78 is 22.2. The highest BCUT2D eigenvalue weighted by molar-refractivity contribution is 5.91. The first kappa shape index (κ1) is 19.6. The van der Waals surface area contributed by atoms with Crippen LogP contribution in [0.2, 0.25) is 0 Å². The lowest BCUT2D eigenvalue weighted by atomic mass is 10.1. The number of rotatable bonds is 7. The van der Waals surface area contributed by atoms with Gasteiger partial charge in [0.15, 0.2) is 11.5 Å². The molecule has 6 heteroatoms. The lowest BCUT2D eigenvalue weighted by Crippen LogP contribution is -2.26. The zero-order chi connectivity index (χ0) is 19.9. The van der Waals surface area contributed by atoms with Crippen molar-refractivity contribution in [3.63, 3.8) is 0 Å². The molecule has 1 heterocycles. The number of carbonyl (C=O) groups excluding carboxylic acids is 1. The standard InChI is InChI=1S/C22H25NO5/c1-15-4-6-18(16(2)12-15)26-9-8-23-21(24)7-5-17-13-19(25-3)22-20(14-17)27-10-11-28-22/h4-7,12-14H,8-11H2,1-3H3,(H,23,24)/b7-5+. The van der Waals surface area contributed by atoms with E-state index < -0.39 is 0 Å². The van der Waals surface area contributed by atoms with Gasteiger partial charge in [-0.05, 0) is 49.2 Å².